The monoisotopic (exact) mass is 260 g/mol. The average molecular weight is 260 g/mol. The highest BCUT2D eigenvalue weighted by Gasteiger charge is 2.14. The highest BCUT2D eigenvalue weighted by molar-refractivity contribution is 5.88. The number of allylic oxidation sites excluding steroid dienone is 3. The van der Waals surface area contributed by atoms with Crippen molar-refractivity contribution in [1.29, 1.82) is 0 Å². The van der Waals surface area contributed by atoms with Gasteiger partial charge in [-0.1, -0.05) is 17.7 Å². The molecule has 0 amide bonds. The number of furan rings is 1. The molecule has 0 N–H and O–H groups in total. The van der Waals surface area contributed by atoms with Gasteiger partial charge < -0.3 is 9.15 Å². The number of hydrogen-bond donors (Lipinski definition) is 0. The molecule has 0 bridgehead atoms. The van der Waals surface area contributed by atoms with Crippen molar-refractivity contribution in [2.45, 2.75) is 39.5 Å². The molecule has 102 valence electrons. The van der Waals surface area contributed by atoms with Gasteiger partial charge in [0.1, 0.15) is 5.76 Å². The zero-order chi connectivity index (χ0) is 13.8. The molecule has 1 aliphatic rings. The largest absolute Gasteiger partial charge is 0.468 e. The minimum atomic E-state index is -0.227. The summed E-state index contributed by atoms with van der Waals surface area (Å²) in [6, 6.07) is 0. The van der Waals surface area contributed by atoms with E-state index in [-0.39, 0.29) is 5.97 Å². The number of carbonyl (C=O) groups excluding carboxylic acids is 1. The van der Waals surface area contributed by atoms with Gasteiger partial charge >= 0.3 is 5.97 Å². The molecule has 1 heterocycles. The Morgan fingerprint density at radius 3 is 2.84 bits per heavy atom. The fourth-order valence-corrected chi connectivity index (χ4v) is 2.39. The van der Waals surface area contributed by atoms with Gasteiger partial charge in [-0.25, -0.2) is 4.79 Å². The van der Waals surface area contributed by atoms with Crippen LogP contribution in [0.5, 0.6) is 0 Å². The SMILES string of the molecule is COC(=O)/C1=C\Cc2c(C)coc2C/C(C)=C\CC1. The van der Waals surface area contributed by atoms with Crippen molar-refractivity contribution in [3.63, 3.8) is 0 Å². The maximum absolute atomic E-state index is 11.7. The Morgan fingerprint density at radius 2 is 2.11 bits per heavy atom. The van der Waals surface area contributed by atoms with E-state index in [0.29, 0.717) is 0 Å². The number of rotatable bonds is 1. The highest BCUT2D eigenvalue weighted by atomic mass is 16.5. The van der Waals surface area contributed by atoms with Crippen molar-refractivity contribution >= 4 is 5.97 Å². The number of hydrogen-bond acceptors (Lipinski definition) is 3. The van der Waals surface area contributed by atoms with Crippen LogP contribution in [0.3, 0.4) is 0 Å². The summed E-state index contributed by atoms with van der Waals surface area (Å²) < 4.78 is 10.5. The van der Waals surface area contributed by atoms with E-state index in [2.05, 4.69) is 13.0 Å². The Morgan fingerprint density at radius 1 is 1.32 bits per heavy atom. The summed E-state index contributed by atoms with van der Waals surface area (Å²) in [5, 5.41) is 0. The van der Waals surface area contributed by atoms with E-state index in [4.69, 9.17) is 9.15 Å². The van der Waals surface area contributed by atoms with Crippen molar-refractivity contribution < 1.29 is 13.9 Å². The predicted molar refractivity (Wildman–Crippen MR) is 73.9 cm³/mol. The third-order valence-corrected chi connectivity index (χ3v) is 3.54. The molecule has 0 saturated carbocycles. The van der Waals surface area contributed by atoms with E-state index in [1.54, 1.807) is 6.26 Å². The fraction of sp³-hybridized carbons (Fsp3) is 0.438. The molecule has 0 unspecified atom stereocenters. The van der Waals surface area contributed by atoms with Gasteiger partial charge in [0.15, 0.2) is 0 Å². The molecule has 0 radical (unpaired) electrons. The van der Waals surface area contributed by atoms with Crippen LogP contribution in [-0.4, -0.2) is 13.1 Å². The van der Waals surface area contributed by atoms with E-state index in [1.165, 1.54) is 18.2 Å². The zero-order valence-corrected chi connectivity index (χ0v) is 11.8. The minimum absolute atomic E-state index is 0.227. The second-order valence-electron chi connectivity index (χ2n) is 5.01. The Balaban J connectivity index is 2.36. The van der Waals surface area contributed by atoms with Crippen LogP contribution in [0.4, 0.5) is 0 Å². The summed E-state index contributed by atoms with van der Waals surface area (Å²) in [4.78, 5) is 11.7. The molecule has 19 heavy (non-hydrogen) atoms. The number of esters is 1. The molecule has 3 heteroatoms. The molecule has 1 aromatic rings. The van der Waals surface area contributed by atoms with Crippen molar-refractivity contribution in [1.82, 2.24) is 0 Å². The first-order valence-electron chi connectivity index (χ1n) is 6.60. The first-order valence-corrected chi connectivity index (χ1v) is 6.60. The number of methoxy groups -OCH3 is 1. The lowest BCUT2D eigenvalue weighted by Gasteiger charge is -2.09. The quantitative estimate of drug-likeness (QED) is 0.573. The molecule has 0 aliphatic heterocycles. The van der Waals surface area contributed by atoms with E-state index in [1.807, 2.05) is 13.0 Å². The summed E-state index contributed by atoms with van der Waals surface area (Å²) in [6.07, 6.45) is 9.12. The van der Waals surface area contributed by atoms with Crippen LogP contribution < -0.4 is 0 Å². The van der Waals surface area contributed by atoms with Gasteiger partial charge in [0.2, 0.25) is 0 Å². The van der Waals surface area contributed by atoms with Crippen LogP contribution in [0.1, 0.15) is 36.7 Å². The Hall–Kier alpha value is -1.77. The van der Waals surface area contributed by atoms with Crippen molar-refractivity contribution in [2.75, 3.05) is 7.11 Å². The highest BCUT2D eigenvalue weighted by Crippen LogP contribution is 2.23. The molecule has 0 atom stereocenters. The van der Waals surface area contributed by atoms with E-state index in [9.17, 15) is 4.79 Å². The van der Waals surface area contributed by atoms with Gasteiger partial charge in [0, 0.05) is 17.6 Å². The van der Waals surface area contributed by atoms with E-state index < -0.39 is 0 Å². The lowest BCUT2D eigenvalue weighted by atomic mass is 9.98. The van der Waals surface area contributed by atoms with Crippen molar-refractivity contribution in [2.24, 2.45) is 0 Å². The first kappa shape index (κ1) is 13.7. The second-order valence-corrected chi connectivity index (χ2v) is 5.01. The van der Waals surface area contributed by atoms with Gasteiger partial charge in [-0.2, -0.15) is 0 Å². The lowest BCUT2D eigenvalue weighted by Crippen LogP contribution is -2.06. The van der Waals surface area contributed by atoms with Crippen LogP contribution in [0, 0.1) is 6.92 Å². The van der Waals surface area contributed by atoms with Gasteiger partial charge in [0.05, 0.1) is 13.4 Å². The van der Waals surface area contributed by atoms with Crippen LogP contribution in [-0.2, 0) is 22.4 Å². The van der Waals surface area contributed by atoms with Gasteiger partial charge in [0.25, 0.3) is 0 Å². The van der Waals surface area contributed by atoms with Crippen LogP contribution >= 0.6 is 0 Å². The lowest BCUT2D eigenvalue weighted by molar-refractivity contribution is -0.136. The predicted octanol–water partition coefficient (Wildman–Crippen LogP) is 3.51. The molecular weight excluding hydrogens is 240 g/mol. The summed E-state index contributed by atoms with van der Waals surface area (Å²) in [5.74, 6) is 0.781. The molecule has 0 aromatic carbocycles. The standard InChI is InChI=1S/C16H20O3/c1-11-5-4-6-13(16(17)18-3)7-8-14-12(2)10-19-15(14)9-11/h5,7,10H,4,6,8-9H2,1-3H3/b11-5-,13-7-. The number of fused-ring (bicyclic) bond motifs is 1. The Bertz CT molecular complexity index is 532. The summed E-state index contributed by atoms with van der Waals surface area (Å²) in [7, 11) is 1.43. The third-order valence-electron chi connectivity index (χ3n) is 3.54. The number of ether oxygens (including phenoxy) is 1. The molecule has 1 aromatic heterocycles. The molecule has 0 saturated heterocycles. The third kappa shape index (κ3) is 3.16. The van der Waals surface area contributed by atoms with Crippen LogP contribution in [0.25, 0.3) is 0 Å². The van der Waals surface area contributed by atoms with Crippen molar-refractivity contribution in [3.8, 4) is 0 Å². The normalized spacial score (nSPS) is 21.6. The fourth-order valence-electron chi connectivity index (χ4n) is 2.39. The van der Waals surface area contributed by atoms with Crippen LogP contribution in [0.2, 0.25) is 0 Å². The van der Waals surface area contributed by atoms with Gasteiger partial charge in [-0.15, -0.1) is 0 Å². The van der Waals surface area contributed by atoms with E-state index in [0.717, 1.165) is 42.6 Å². The number of aryl methyl sites for hydroxylation is 1. The Kier molecular flexibility index (Phi) is 4.25. The molecule has 2 rings (SSSR count). The average Bonchev–Trinajstić information content (AvgIpc) is 2.74. The molecule has 0 spiro atoms. The number of carbonyl (C=O) groups is 1. The molecule has 0 fully saturated rings. The van der Waals surface area contributed by atoms with Gasteiger partial charge in [-0.05, 0) is 38.7 Å². The molecular formula is C16H20O3. The maximum atomic E-state index is 11.7. The van der Waals surface area contributed by atoms with Crippen LogP contribution in [0.15, 0.2) is 34.0 Å². The van der Waals surface area contributed by atoms with Gasteiger partial charge in [-0.3, -0.25) is 0 Å². The Labute approximate surface area is 113 Å². The smallest absolute Gasteiger partial charge is 0.333 e. The minimum Gasteiger partial charge on any atom is -0.468 e. The molecule has 1 aliphatic carbocycles. The summed E-state index contributed by atoms with van der Waals surface area (Å²) >= 11 is 0. The summed E-state index contributed by atoms with van der Waals surface area (Å²) in [5.41, 5.74) is 4.36. The maximum Gasteiger partial charge on any atom is 0.333 e. The van der Waals surface area contributed by atoms with E-state index >= 15 is 0 Å². The molecule has 3 nitrogen and oxygen atoms in total. The summed E-state index contributed by atoms with van der Waals surface area (Å²) in [6.45, 7) is 4.14. The van der Waals surface area contributed by atoms with Crippen molar-refractivity contribution in [3.05, 3.63) is 46.4 Å². The zero-order valence-electron chi connectivity index (χ0n) is 11.8. The topological polar surface area (TPSA) is 39.4 Å². The second kappa shape index (κ2) is 5.91. The first-order chi connectivity index (χ1) is 9.11.